The number of nitrogens with one attached hydrogen (secondary N) is 1. The summed E-state index contributed by atoms with van der Waals surface area (Å²) in [6, 6.07) is 13.5. The van der Waals surface area contributed by atoms with Crippen LogP contribution in [0.4, 0.5) is 10.5 Å². The number of epoxide rings is 1. The highest BCUT2D eigenvalue weighted by atomic mass is 16.9. The van der Waals surface area contributed by atoms with Gasteiger partial charge in [-0.15, -0.1) is 0 Å². The number of anilines is 1. The first kappa shape index (κ1) is 22.5. The van der Waals surface area contributed by atoms with E-state index in [0.29, 0.717) is 12.3 Å². The van der Waals surface area contributed by atoms with Crippen LogP contribution in [0, 0.1) is 0 Å². The minimum Gasteiger partial charge on any atom is -0.441 e. The Kier molecular flexibility index (Phi) is 5.59. The summed E-state index contributed by atoms with van der Waals surface area (Å²) in [5.41, 5.74) is 0.654. The third kappa shape index (κ3) is 4.44. The van der Waals surface area contributed by atoms with E-state index in [1.54, 1.807) is 13.8 Å². The summed E-state index contributed by atoms with van der Waals surface area (Å²) in [7, 11) is 1.54. The first-order valence-electron chi connectivity index (χ1n) is 11.0. The molecule has 3 aliphatic heterocycles. The van der Waals surface area contributed by atoms with Gasteiger partial charge in [0.1, 0.15) is 25.4 Å². The second kappa shape index (κ2) is 8.19. The van der Waals surface area contributed by atoms with Crippen molar-refractivity contribution in [2.75, 3.05) is 32.2 Å². The van der Waals surface area contributed by atoms with Crippen LogP contribution in [-0.4, -0.2) is 68.7 Å². The molecule has 1 spiro atoms. The molecule has 1 N–H and O–H groups in total. The Bertz CT molecular complexity index is 1030. The van der Waals surface area contributed by atoms with Crippen molar-refractivity contribution in [1.82, 2.24) is 0 Å². The number of fused-ring (bicyclic) bond motifs is 1. The van der Waals surface area contributed by atoms with Crippen LogP contribution in [0.25, 0.3) is 10.8 Å². The summed E-state index contributed by atoms with van der Waals surface area (Å²) < 4.78 is 41.2. The average molecular weight is 459 g/mol. The molecule has 0 aliphatic carbocycles. The van der Waals surface area contributed by atoms with Gasteiger partial charge >= 0.3 is 6.09 Å². The minimum atomic E-state index is -1.20. The van der Waals surface area contributed by atoms with Gasteiger partial charge in [0.25, 0.3) is 0 Å². The normalized spacial score (nSPS) is 35.0. The monoisotopic (exact) mass is 459 g/mol. The average Bonchev–Trinajstić information content (AvgIpc) is 3.42. The van der Waals surface area contributed by atoms with Crippen LogP contribution in [-0.2, 0) is 33.2 Å². The van der Waals surface area contributed by atoms with Crippen LogP contribution in [0.1, 0.15) is 20.8 Å². The van der Waals surface area contributed by atoms with Crippen molar-refractivity contribution < 1.29 is 38.0 Å². The van der Waals surface area contributed by atoms with E-state index in [-0.39, 0.29) is 13.2 Å². The van der Waals surface area contributed by atoms with Gasteiger partial charge in [-0.2, -0.15) is 0 Å². The van der Waals surface area contributed by atoms with Crippen molar-refractivity contribution in [3.63, 3.8) is 0 Å². The molecule has 3 heterocycles. The van der Waals surface area contributed by atoms with E-state index in [1.807, 2.05) is 49.4 Å². The standard InChI is InChI=1S/C24H29NO8/c1-22(2)29-14-24(33-22)20(32-23(3)13-30-23)19(27-4)18(12-28-24)31-21(26)25-17-11-7-9-15-8-5-6-10-16(15)17/h5-11,18-20H,12-14H2,1-4H3,(H,25,26)/t18-,19-,20-,23?,24+/m1/s1. The van der Waals surface area contributed by atoms with Gasteiger partial charge in [-0.1, -0.05) is 36.4 Å². The molecule has 0 saturated carbocycles. The topological polar surface area (TPSA) is 97.0 Å². The fraction of sp³-hybridized carbons (Fsp3) is 0.542. The van der Waals surface area contributed by atoms with Gasteiger partial charge in [0.2, 0.25) is 5.79 Å². The van der Waals surface area contributed by atoms with E-state index in [2.05, 4.69) is 5.32 Å². The Morgan fingerprint density at radius 1 is 1.03 bits per heavy atom. The molecule has 3 saturated heterocycles. The van der Waals surface area contributed by atoms with Crippen LogP contribution < -0.4 is 5.32 Å². The highest BCUT2D eigenvalue weighted by molar-refractivity contribution is 6.00. The zero-order chi connectivity index (χ0) is 23.3. The predicted octanol–water partition coefficient (Wildman–Crippen LogP) is 3.41. The van der Waals surface area contributed by atoms with Gasteiger partial charge < -0.3 is 33.2 Å². The van der Waals surface area contributed by atoms with Gasteiger partial charge in [-0.25, -0.2) is 4.79 Å². The molecule has 0 aromatic heterocycles. The molecule has 2 aromatic carbocycles. The van der Waals surface area contributed by atoms with Gasteiger partial charge in [0.15, 0.2) is 17.7 Å². The molecule has 0 radical (unpaired) electrons. The quantitative estimate of drug-likeness (QED) is 0.680. The molecule has 178 valence electrons. The van der Waals surface area contributed by atoms with Gasteiger partial charge in [0.05, 0.1) is 12.3 Å². The van der Waals surface area contributed by atoms with E-state index < -0.39 is 41.8 Å². The lowest BCUT2D eigenvalue weighted by molar-refractivity contribution is -0.358. The molecular formula is C24H29NO8. The molecular weight excluding hydrogens is 430 g/mol. The van der Waals surface area contributed by atoms with Crippen LogP contribution in [0.3, 0.4) is 0 Å². The van der Waals surface area contributed by atoms with Crippen molar-refractivity contribution in [3.05, 3.63) is 42.5 Å². The maximum atomic E-state index is 12.8. The van der Waals surface area contributed by atoms with E-state index in [1.165, 1.54) is 7.11 Å². The fourth-order valence-corrected chi connectivity index (χ4v) is 4.39. The van der Waals surface area contributed by atoms with Gasteiger partial charge in [0, 0.05) is 12.5 Å². The molecule has 5 atom stereocenters. The van der Waals surface area contributed by atoms with Crippen molar-refractivity contribution in [2.24, 2.45) is 0 Å². The van der Waals surface area contributed by atoms with Crippen LogP contribution in [0.5, 0.6) is 0 Å². The van der Waals surface area contributed by atoms with E-state index in [4.69, 9.17) is 33.2 Å². The first-order valence-corrected chi connectivity index (χ1v) is 11.0. The summed E-state index contributed by atoms with van der Waals surface area (Å²) in [5.74, 6) is -2.84. The summed E-state index contributed by atoms with van der Waals surface area (Å²) in [6.07, 6.45) is -2.78. The summed E-state index contributed by atoms with van der Waals surface area (Å²) in [5, 5.41) is 4.76. The summed E-state index contributed by atoms with van der Waals surface area (Å²) in [6.45, 7) is 6.08. The van der Waals surface area contributed by atoms with Gasteiger partial charge in [-0.05, 0) is 32.2 Å². The Morgan fingerprint density at radius 2 is 1.79 bits per heavy atom. The van der Waals surface area contributed by atoms with Crippen molar-refractivity contribution in [2.45, 2.75) is 56.4 Å². The van der Waals surface area contributed by atoms with Crippen LogP contribution >= 0.6 is 0 Å². The number of amides is 1. The second-order valence-electron chi connectivity index (χ2n) is 9.17. The van der Waals surface area contributed by atoms with Crippen LogP contribution in [0.15, 0.2) is 42.5 Å². The molecule has 0 bridgehead atoms. The third-order valence-electron chi connectivity index (χ3n) is 6.11. The smallest absolute Gasteiger partial charge is 0.412 e. The predicted molar refractivity (Wildman–Crippen MR) is 118 cm³/mol. The first-order chi connectivity index (χ1) is 15.7. The Hall–Kier alpha value is -2.27. The highest BCUT2D eigenvalue weighted by Crippen LogP contribution is 2.44. The lowest BCUT2D eigenvalue weighted by Gasteiger charge is -2.46. The molecule has 33 heavy (non-hydrogen) atoms. The number of methoxy groups -OCH3 is 1. The largest absolute Gasteiger partial charge is 0.441 e. The maximum Gasteiger partial charge on any atom is 0.412 e. The fourth-order valence-electron chi connectivity index (χ4n) is 4.39. The summed E-state index contributed by atoms with van der Waals surface area (Å²) in [4.78, 5) is 12.8. The number of ether oxygens (including phenoxy) is 7. The minimum absolute atomic E-state index is 0.0539. The maximum absolute atomic E-state index is 12.8. The molecule has 9 nitrogen and oxygen atoms in total. The molecule has 1 amide bonds. The number of hydrogen-bond donors (Lipinski definition) is 1. The molecule has 3 fully saturated rings. The van der Waals surface area contributed by atoms with E-state index in [0.717, 1.165) is 10.8 Å². The molecule has 2 aromatic rings. The second-order valence-corrected chi connectivity index (χ2v) is 9.17. The Balaban J connectivity index is 1.34. The third-order valence-corrected chi connectivity index (χ3v) is 6.11. The lowest BCUT2D eigenvalue weighted by atomic mass is 9.96. The highest BCUT2D eigenvalue weighted by Gasteiger charge is 2.63. The molecule has 5 rings (SSSR count). The van der Waals surface area contributed by atoms with Gasteiger partial charge in [-0.3, -0.25) is 5.32 Å². The SMILES string of the molecule is CO[C@H]1[C@@H](OC2(C)CO2)[C@@]2(COC(C)(C)O2)OC[C@H]1OC(=O)Nc1cccc2ccccc12. The molecule has 9 heteroatoms. The number of rotatable bonds is 5. The van der Waals surface area contributed by atoms with Crippen molar-refractivity contribution >= 4 is 22.6 Å². The Morgan fingerprint density at radius 3 is 2.48 bits per heavy atom. The van der Waals surface area contributed by atoms with Crippen LogP contribution in [0.2, 0.25) is 0 Å². The molecule has 1 unspecified atom stereocenters. The number of hydrogen-bond acceptors (Lipinski definition) is 8. The Labute approximate surface area is 192 Å². The zero-order valence-electron chi connectivity index (χ0n) is 19.2. The van der Waals surface area contributed by atoms with Crippen molar-refractivity contribution in [1.29, 1.82) is 0 Å². The number of carbonyl (C=O) groups is 1. The number of carbonyl (C=O) groups excluding carboxylic acids is 1. The van der Waals surface area contributed by atoms with E-state index in [9.17, 15) is 4.79 Å². The molecule has 3 aliphatic rings. The number of benzene rings is 2. The van der Waals surface area contributed by atoms with Crippen molar-refractivity contribution in [3.8, 4) is 0 Å². The zero-order valence-corrected chi connectivity index (χ0v) is 19.2. The lowest BCUT2D eigenvalue weighted by Crippen LogP contribution is -2.65. The summed E-state index contributed by atoms with van der Waals surface area (Å²) >= 11 is 0. The van der Waals surface area contributed by atoms with E-state index >= 15 is 0 Å².